The van der Waals surface area contributed by atoms with Crippen LogP contribution in [-0.4, -0.2) is 11.7 Å². The van der Waals surface area contributed by atoms with E-state index in [-0.39, 0.29) is 0 Å². The van der Waals surface area contributed by atoms with E-state index in [0.29, 0.717) is 12.5 Å². The van der Waals surface area contributed by atoms with E-state index in [0.717, 1.165) is 17.0 Å². The summed E-state index contributed by atoms with van der Waals surface area (Å²) in [6, 6.07) is 0. The Balaban J connectivity index is 3.00. The smallest absolute Gasteiger partial charge is 0.137 e. The normalized spacial score (nSPS) is 13.5. The molecular formula is C8H14N2O. The summed E-state index contributed by atoms with van der Waals surface area (Å²) in [5, 5.41) is 3.85. The lowest BCUT2D eigenvalue weighted by Gasteiger charge is -2.05. The highest BCUT2D eigenvalue weighted by atomic mass is 16.5. The van der Waals surface area contributed by atoms with Crippen LogP contribution in [0, 0.1) is 13.8 Å². The zero-order valence-electron chi connectivity index (χ0n) is 7.22. The predicted molar refractivity (Wildman–Crippen MR) is 43.4 cm³/mol. The van der Waals surface area contributed by atoms with Gasteiger partial charge < -0.3 is 10.3 Å². The van der Waals surface area contributed by atoms with Crippen molar-refractivity contribution in [2.24, 2.45) is 5.73 Å². The molecule has 1 rings (SSSR count). The van der Waals surface area contributed by atoms with Crippen molar-refractivity contribution in [1.82, 2.24) is 5.16 Å². The summed E-state index contributed by atoms with van der Waals surface area (Å²) < 4.78 is 5.01. The molecule has 1 aromatic heterocycles. The van der Waals surface area contributed by atoms with Gasteiger partial charge in [-0.05, 0) is 26.3 Å². The molecule has 0 aliphatic carbocycles. The molecule has 1 unspecified atom stereocenters. The number of aromatic nitrogens is 1. The molecule has 2 N–H and O–H groups in total. The van der Waals surface area contributed by atoms with E-state index in [1.54, 1.807) is 0 Å². The summed E-state index contributed by atoms with van der Waals surface area (Å²) >= 11 is 0. The Labute approximate surface area is 66.6 Å². The second-order valence-electron chi connectivity index (χ2n) is 2.87. The van der Waals surface area contributed by atoms with Gasteiger partial charge in [0, 0.05) is 5.56 Å². The first-order chi connectivity index (χ1) is 5.16. The molecule has 0 spiro atoms. The molecule has 11 heavy (non-hydrogen) atoms. The van der Waals surface area contributed by atoms with E-state index in [4.69, 9.17) is 10.3 Å². The Morgan fingerprint density at radius 3 is 2.55 bits per heavy atom. The molecule has 0 aliphatic rings. The lowest BCUT2D eigenvalue weighted by Crippen LogP contribution is -2.10. The minimum absolute atomic E-state index is 0.348. The molecule has 0 saturated carbocycles. The summed E-state index contributed by atoms with van der Waals surface area (Å²) in [6.07, 6.45) is 0. The Bertz CT molecular complexity index is 223. The second kappa shape index (κ2) is 3.05. The minimum atomic E-state index is 0.348. The van der Waals surface area contributed by atoms with Crippen LogP contribution in [0.2, 0.25) is 0 Å². The maximum Gasteiger partial charge on any atom is 0.137 e. The number of nitrogens with two attached hydrogens (primary N) is 1. The molecule has 3 nitrogen and oxygen atoms in total. The van der Waals surface area contributed by atoms with Crippen LogP contribution in [0.25, 0.3) is 0 Å². The topological polar surface area (TPSA) is 52.0 Å². The fraction of sp³-hybridized carbons (Fsp3) is 0.625. The molecule has 0 radical (unpaired) electrons. The van der Waals surface area contributed by atoms with Crippen LogP contribution >= 0.6 is 0 Å². The highest BCUT2D eigenvalue weighted by Crippen LogP contribution is 2.21. The third kappa shape index (κ3) is 1.43. The third-order valence-corrected chi connectivity index (χ3v) is 1.93. The van der Waals surface area contributed by atoms with Crippen molar-refractivity contribution >= 4 is 0 Å². The van der Waals surface area contributed by atoms with Crippen molar-refractivity contribution in [3.05, 3.63) is 17.0 Å². The van der Waals surface area contributed by atoms with E-state index in [1.807, 2.05) is 13.8 Å². The van der Waals surface area contributed by atoms with Crippen LogP contribution in [0.1, 0.15) is 29.9 Å². The van der Waals surface area contributed by atoms with E-state index in [1.165, 1.54) is 0 Å². The summed E-state index contributed by atoms with van der Waals surface area (Å²) in [4.78, 5) is 0. The van der Waals surface area contributed by atoms with Crippen LogP contribution in [0.3, 0.4) is 0 Å². The average Bonchev–Trinajstić information content (AvgIpc) is 2.30. The molecule has 0 aromatic carbocycles. The number of hydrogen-bond acceptors (Lipinski definition) is 3. The Hall–Kier alpha value is -0.830. The summed E-state index contributed by atoms with van der Waals surface area (Å²) in [5.41, 5.74) is 7.65. The van der Waals surface area contributed by atoms with Crippen LogP contribution in [0.15, 0.2) is 4.52 Å². The molecule has 3 heteroatoms. The highest BCUT2D eigenvalue weighted by molar-refractivity contribution is 5.25. The monoisotopic (exact) mass is 154 g/mol. The Morgan fingerprint density at radius 2 is 2.18 bits per heavy atom. The van der Waals surface area contributed by atoms with Gasteiger partial charge in [-0.25, -0.2) is 0 Å². The summed E-state index contributed by atoms with van der Waals surface area (Å²) in [7, 11) is 0. The van der Waals surface area contributed by atoms with Crippen LogP contribution in [0.4, 0.5) is 0 Å². The number of aryl methyl sites for hydroxylation is 2. The van der Waals surface area contributed by atoms with Gasteiger partial charge in [0.1, 0.15) is 5.76 Å². The number of nitrogens with zero attached hydrogens (tertiary/aromatic N) is 1. The Kier molecular flexibility index (Phi) is 2.29. The van der Waals surface area contributed by atoms with E-state index < -0.39 is 0 Å². The maximum atomic E-state index is 5.53. The van der Waals surface area contributed by atoms with Gasteiger partial charge in [0.25, 0.3) is 0 Å². The summed E-state index contributed by atoms with van der Waals surface area (Å²) in [6.45, 7) is 6.58. The molecular weight excluding hydrogens is 140 g/mol. The van der Waals surface area contributed by atoms with Crippen LogP contribution in [-0.2, 0) is 0 Å². The molecule has 0 bridgehead atoms. The maximum absolute atomic E-state index is 5.53. The zero-order chi connectivity index (χ0) is 8.43. The van der Waals surface area contributed by atoms with Gasteiger partial charge >= 0.3 is 0 Å². The lowest BCUT2D eigenvalue weighted by atomic mass is 10.0. The first-order valence-corrected chi connectivity index (χ1v) is 3.79. The van der Waals surface area contributed by atoms with Crippen molar-refractivity contribution in [2.45, 2.75) is 26.7 Å². The predicted octanol–water partition coefficient (Wildman–Crippen LogP) is 1.35. The minimum Gasteiger partial charge on any atom is -0.361 e. The van der Waals surface area contributed by atoms with Gasteiger partial charge in [0.2, 0.25) is 0 Å². The lowest BCUT2D eigenvalue weighted by molar-refractivity contribution is 0.391. The SMILES string of the molecule is Cc1noc(C)c1C(C)CN. The standard InChI is InChI=1S/C8H14N2O/c1-5(4-9)8-6(2)10-11-7(8)3/h5H,4,9H2,1-3H3. The molecule has 62 valence electrons. The van der Waals surface area contributed by atoms with Gasteiger partial charge in [0.15, 0.2) is 0 Å². The van der Waals surface area contributed by atoms with Crippen molar-refractivity contribution < 1.29 is 4.52 Å². The fourth-order valence-corrected chi connectivity index (χ4v) is 1.31. The van der Waals surface area contributed by atoms with Crippen molar-refractivity contribution in [1.29, 1.82) is 0 Å². The van der Waals surface area contributed by atoms with E-state index in [9.17, 15) is 0 Å². The highest BCUT2D eigenvalue weighted by Gasteiger charge is 2.14. The van der Waals surface area contributed by atoms with Crippen molar-refractivity contribution in [3.8, 4) is 0 Å². The van der Waals surface area contributed by atoms with Gasteiger partial charge in [-0.2, -0.15) is 0 Å². The largest absolute Gasteiger partial charge is 0.361 e. The molecule has 0 amide bonds. The number of rotatable bonds is 2. The molecule has 1 aromatic rings. The van der Waals surface area contributed by atoms with Gasteiger partial charge in [-0.15, -0.1) is 0 Å². The van der Waals surface area contributed by atoms with Crippen LogP contribution in [0.5, 0.6) is 0 Å². The third-order valence-electron chi connectivity index (χ3n) is 1.93. The van der Waals surface area contributed by atoms with Gasteiger partial charge in [-0.3, -0.25) is 0 Å². The zero-order valence-corrected chi connectivity index (χ0v) is 7.22. The second-order valence-corrected chi connectivity index (χ2v) is 2.87. The van der Waals surface area contributed by atoms with Crippen LogP contribution < -0.4 is 5.73 Å². The molecule has 0 fully saturated rings. The molecule has 1 heterocycles. The van der Waals surface area contributed by atoms with Gasteiger partial charge in [0.05, 0.1) is 5.69 Å². The first-order valence-electron chi connectivity index (χ1n) is 3.79. The molecule has 1 atom stereocenters. The van der Waals surface area contributed by atoms with E-state index in [2.05, 4.69) is 12.1 Å². The average molecular weight is 154 g/mol. The van der Waals surface area contributed by atoms with E-state index >= 15 is 0 Å². The molecule has 0 aliphatic heterocycles. The molecule has 0 saturated heterocycles. The summed E-state index contributed by atoms with van der Waals surface area (Å²) in [5.74, 6) is 1.24. The number of hydrogen-bond donors (Lipinski definition) is 1. The fourth-order valence-electron chi connectivity index (χ4n) is 1.31. The Morgan fingerprint density at radius 1 is 1.55 bits per heavy atom. The van der Waals surface area contributed by atoms with Crippen molar-refractivity contribution in [2.75, 3.05) is 6.54 Å². The first kappa shape index (κ1) is 8.27. The van der Waals surface area contributed by atoms with Gasteiger partial charge in [-0.1, -0.05) is 12.1 Å². The van der Waals surface area contributed by atoms with Crippen molar-refractivity contribution in [3.63, 3.8) is 0 Å². The quantitative estimate of drug-likeness (QED) is 0.699.